The van der Waals surface area contributed by atoms with E-state index >= 15 is 0 Å². The first kappa shape index (κ1) is 14.4. The molecule has 0 aromatic heterocycles. The second-order valence-electron chi connectivity index (χ2n) is 4.72. The third-order valence-corrected chi connectivity index (χ3v) is 4.29. The molecule has 0 bridgehead atoms. The van der Waals surface area contributed by atoms with Crippen molar-refractivity contribution < 1.29 is 0 Å². The van der Waals surface area contributed by atoms with Crippen molar-refractivity contribution in [3.8, 4) is 0 Å². The van der Waals surface area contributed by atoms with E-state index < -0.39 is 0 Å². The molecule has 100 valence electrons. The normalized spacial score (nSPS) is 14.1. The highest BCUT2D eigenvalue weighted by atomic mass is 35.5. The van der Waals surface area contributed by atoms with Gasteiger partial charge < -0.3 is 5.73 Å². The summed E-state index contributed by atoms with van der Waals surface area (Å²) < 4.78 is 0. The molecule has 3 heteroatoms. The van der Waals surface area contributed by atoms with Crippen LogP contribution in [0.5, 0.6) is 0 Å². The molecule has 1 nitrogen and oxygen atoms in total. The van der Waals surface area contributed by atoms with Crippen LogP contribution >= 0.6 is 23.2 Å². The fraction of sp³-hybridized carbons (Fsp3) is 0.250. The Morgan fingerprint density at radius 3 is 2.21 bits per heavy atom. The van der Waals surface area contributed by atoms with Crippen LogP contribution in [0.3, 0.4) is 0 Å². The maximum Gasteiger partial charge on any atom is 0.0595 e. The van der Waals surface area contributed by atoms with Crippen LogP contribution in [0.15, 0.2) is 48.5 Å². The molecule has 2 unspecified atom stereocenters. The maximum absolute atomic E-state index is 6.09. The van der Waals surface area contributed by atoms with Crippen LogP contribution in [-0.4, -0.2) is 6.54 Å². The summed E-state index contributed by atoms with van der Waals surface area (Å²) in [7, 11) is 0. The van der Waals surface area contributed by atoms with Crippen molar-refractivity contribution in [3.63, 3.8) is 0 Å². The van der Waals surface area contributed by atoms with Gasteiger partial charge in [-0.1, -0.05) is 66.5 Å². The SMILES string of the molecule is CC(c1ccccc1)C(CN)c1ccc(Cl)c(Cl)c1. The van der Waals surface area contributed by atoms with E-state index in [9.17, 15) is 0 Å². The molecule has 0 fully saturated rings. The molecule has 2 N–H and O–H groups in total. The standard InChI is InChI=1S/C16H17Cl2N/c1-11(12-5-3-2-4-6-12)14(10-19)13-7-8-15(17)16(18)9-13/h2-9,11,14H,10,19H2,1H3. The molecule has 0 aliphatic rings. The number of rotatable bonds is 4. The first-order valence-corrected chi connectivity index (χ1v) is 7.09. The maximum atomic E-state index is 6.09. The summed E-state index contributed by atoms with van der Waals surface area (Å²) in [6, 6.07) is 16.1. The Hall–Kier alpha value is -1.02. The highest BCUT2D eigenvalue weighted by molar-refractivity contribution is 6.42. The highest BCUT2D eigenvalue weighted by Crippen LogP contribution is 2.34. The Kier molecular flexibility index (Phi) is 4.87. The smallest absolute Gasteiger partial charge is 0.0595 e. The van der Waals surface area contributed by atoms with Crippen LogP contribution in [0.25, 0.3) is 0 Å². The van der Waals surface area contributed by atoms with E-state index in [1.807, 2.05) is 36.4 Å². The van der Waals surface area contributed by atoms with E-state index in [4.69, 9.17) is 28.9 Å². The predicted molar refractivity (Wildman–Crippen MR) is 83.1 cm³/mol. The zero-order valence-corrected chi connectivity index (χ0v) is 12.3. The van der Waals surface area contributed by atoms with Crippen molar-refractivity contribution in [3.05, 3.63) is 69.7 Å². The Bertz CT molecular complexity index is 540. The molecule has 0 saturated heterocycles. The van der Waals surface area contributed by atoms with Gasteiger partial charge in [-0.3, -0.25) is 0 Å². The summed E-state index contributed by atoms with van der Waals surface area (Å²) in [5, 5.41) is 1.16. The van der Waals surface area contributed by atoms with Crippen molar-refractivity contribution >= 4 is 23.2 Å². The lowest BCUT2D eigenvalue weighted by molar-refractivity contribution is 0.585. The number of hydrogen-bond donors (Lipinski definition) is 1. The van der Waals surface area contributed by atoms with Crippen molar-refractivity contribution in [2.45, 2.75) is 18.8 Å². The Morgan fingerprint density at radius 2 is 1.63 bits per heavy atom. The summed E-state index contributed by atoms with van der Waals surface area (Å²) in [4.78, 5) is 0. The van der Waals surface area contributed by atoms with Gasteiger partial charge in [0.25, 0.3) is 0 Å². The van der Waals surface area contributed by atoms with Gasteiger partial charge in [-0.05, 0) is 35.7 Å². The average Bonchev–Trinajstić information content (AvgIpc) is 2.44. The molecule has 19 heavy (non-hydrogen) atoms. The fourth-order valence-corrected chi connectivity index (χ4v) is 2.67. The van der Waals surface area contributed by atoms with Crippen molar-refractivity contribution in [1.82, 2.24) is 0 Å². The number of hydrogen-bond acceptors (Lipinski definition) is 1. The minimum Gasteiger partial charge on any atom is -0.330 e. The van der Waals surface area contributed by atoms with Crippen LogP contribution in [0.2, 0.25) is 10.0 Å². The van der Waals surface area contributed by atoms with Gasteiger partial charge in [-0.2, -0.15) is 0 Å². The van der Waals surface area contributed by atoms with Crippen LogP contribution in [-0.2, 0) is 0 Å². The van der Waals surface area contributed by atoms with Gasteiger partial charge in [-0.15, -0.1) is 0 Å². The minimum atomic E-state index is 0.233. The molecule has 0 radical (unpaired) electrons. The summed E-state index contributed by atoms with van der Waals surface area (Å²) in [5.74, 6) is 0.570. The monoisotopic (exact) mass is 293 g/mol. The predicted octanol–water partition coefficient (Wildman–Crippen LogP) is 4.84. The number of nitrogens with two attached hydrogens (primary N) is 1. The molecule has 0 saturated carbocycles. The Morgan fingerprint density at radius 1 is 0.947 bits per heavy atom. The highest BCUT2D eigenvalue weighted by Gasteiger charge is 2.20. The summed E-state index contributed by atoms with van der Waals surface area (Å²) in [6.45, 7) is 2.77. The first-order valence-electron chi connectivity index (χ1n) is 6.33. The van der Waals surface area contributed by atoms with E-state index in [0.717, 1.165) is 5.56 Å². The molecule has 2 atom stereocenters. The molecular formula is C16H17Cl2N. The second kappa shape index (κ2) is 6.42. The quantitative estimate of drug-likeness (QED) is 0.858. The van der Waals surface area contributed by atoms with Crippen molar-refractivity contribution in [2.75, 3.05) is 6.54 Å². The fourth-order valence-electron chi connectivity index (χ4n) is 2.36. The van der Waals surface area contributed by atoms with Crippen molar-refractivity contribution in [1.29, 1.82) is 0 Å². The largest absolute Gasteiger partial charge is 0.330 e. The van der Waals surface area contributed by atoms with Crippen LogP contribution < -0.4 is 5.73 Å². The second-order valence-corrected chi connectivity index (χ2v) is 5.53. The summed E-state index contributed by atoms with van der Waals surface area (Å²) in [6.07, 6.45) is 0. The zero-order chi connectivity index (χ0) is 13.8. The lowest BCUT2D eigenvalue weighted by Crippen LogP contribution is -2.18. The molecule has 0 spiro atoms. The molecule has 0 amide bonds. The van der Waals surface area contributed by atoms with Crippen LogP contribution in [0.1, 0.15) is 29.9 Å². The molecule has 2 rings (SSSR count). The van der Waals surface area contributed by atoms with Crippen molar-refractivity contribution in [2.24, 2.45) is 5.73 Å². The van der Waals surface area contributed by atoms with Gasteiger partial charge in [-0.25, -0.2) is 0 Å². The minimum absolute atomic E-state index is 0.233. The van der Waals surface area contributed by atoms with E-state index in [1.54, 1.807) is 0 Å². The van der Waals surface area contributed by atoms with Gasteiger partial charge in [0.1, 0.15) is 0 Å². The third kappa shape index (κ3) is 3.30. The van der Waals surface area contributed by atoms with Gasteiger partial charge in [0.05, 0.1) is 10.0 Å². The molecule has 2 aromatic rings. The zero-order valence-electron chi connectivity index (χ0n) is 10.8. The average molecular weight is 294 g/mol. The Labute approximate surface area is 124 Å². The number of benzene rings is 2. The molecule has 0 aliphatic heterocycles. The third-order valence-electron chi connectivity index (χ3n) is 3.55. The topological polar surface area (TPSA) is 26.0 Å². The first-order chi connectivity index (χ1) is 9.13. The van der Waals surface area contributed by atoms with Gasteiger partial charge >= 0.3 is 0 Å². The van der Waals surface area contributed by atoms with E-state index in [1.165, 1.54) is 5.56 Å². The van der Waals surface area contributed by atoms with Gasteiger partial charge in [0.2, 0.25) is 0 Å². The Balaban J connectivity index is 2.31. The lowest BCUT2D eigenvalue weighted by Gasteiger charge is -2.24. The molecule has 2 aromatic carbocycles. The van der Waals surface area contributed by atoms with Crippen LogP contribution in [0.4, 0.5) is 0 Å². The lowest BCUT2D eigenvalue weighted by atomic mass is 9.83. The van der Waals surface area contributed by atoms with E-state index in [2.05, 4.69) is 19.1 Å². The van der Waals surface area contributed by atoms with E-state index in [-0.39, 0.29) is 5.92 Å². The van der Waals surface area contributed by atoms with E-state index in [0.29, 0.717) is 22.5 Å². The van der Waals surface area contributed by atoms with Gasteiger partial charge in [0.15, 0.2) is 0 Å². The number of halogens is 2. The summed E-state index contributed by atoms with van der Waals surface area (Å²) in [5.41, 5.74) is 8.37. The van der Waals surface area contributed by atoms with Gasteiger partial charge in [0, 0.05) is 5.92 Å². The molecular weight excluding hydrogens is 277 g/mol. The summed E-state index contributed by atoms with van der Waals surface area (Å²) >= 11 is 12.1. The van der Waals surface area contributed by atoms with Crippen LogP contribution in [0, 0.1) is 0 Å². The molecule has 0 heterocycles. The molecule has 0 aliphatic carbocycles.